The number of anilines is 1. The normalized spacial score (nSPS) is 14.1. The monoisotopic (exact) mass is 259 g/mol. The van der Waals surface area contributed by atoms with E-state index in [1.54, 1.807) is 6.92 Å². The lowest BCUT2D eigenvalue weighted by molar-refractivity contribution is -0.384. The van der Waals surface area contributed by atoms with Crippen molar-refractivity contribution in [2.75, 3.05) is 11.9 Å². The molecule has 1 aromatic rings. The minimum absolute atomic E-state index is 0.105. The number of nitrogens with zero attached hydrogens (tertiary/aromatic N) is 2. The first-order chi connectivity index (χ1) is 7.85. The molecule has 0 radical (unpaired) electrons. The highest BCUT2D eigenvalue weighted by atomic mass is 35.5. The number of halogens is 1. The number of aliphatic hydroxyl groups is 1. The third-order valence-corrected chi connectivity index (χ3v) is 2.64. The van der Waals surface area contributed by atoms with Crippen molar-refractivity contribution in [1.29, 1.82) is 0 Å². The average molecular weight is 260 g/mol. The van der Waals surface area contributed by atoms with Gasteiger partial charge < -0.3 is 10.4 Å². The fourth-order valence-corrected chi connectivity index (χ4v) is 1.26. The Hall–Kier alpha value is -1.40. The predicted molar refractivity (Wildman–Crippen MR) is 65.3 cm³/mol. The van der Waals surface area contributed by atoms with E-state index in [2.05, 4.69) is 10.3 Å². The van der Waals surface area contributed by atoms with Gasteiger partial charge in [0.2, 0.25) is 5.82 Å². The van der Waals surface area contributed by atoms with Gasteiger partial charge in [0.05, 0.1) is 15.5 Å². The van der Waals surface area contributed by atoms with E-state index in [4.69, 9.17) is 11.6 Å². The number of hydrogen-bond donors (Lipinski definition) is 2. The molecule has 6 nitrogen and oxygen atoms in total. The van der Waals surface area contributed by atoms with Gasteiger partial charge >= 0.3 is 5.69 Å². The summed E-state index contributed by atoms with van der Waals surface area (Å²) in [6, 6.07) is 1.22. The first-order valence-electron chi connectivity index (χ1n) is 5.12. The second kappa shape index (κ2) is 5.29. The molecule has 0 spiro atoms. The molecule has 0 saturated carbocycles. The molecule has 94 valence electrons. The molecule has 1 aromatic heterocycles. The summed E-state index contributed by atoms with van der Waals surface area (Å²) in [5.74, 6) is 0.105. The average Bonchev–Trinajstić information content (AvgIpc) is 2.27. The van der Waals surface area contributed by atoms with Crippen LogP contribution in [0.2, 0.25) is 5.02 Å². The SMILES string of the molecule is CCC(C)(O)CNc1ncc(Cl)cc1[N+](=O)[O-]. The Balaban J connectivity index is 2.88. The van der Waals surface area contributed by atoms with E-state index in [0.717, 1.165) is 0 Å². The lowest BCUT2D eigenvalue weighted by Crippen LogP contribution is -2.32. The molecular weight excluding hydrogens is 246 g/mol. The molecule has 0 amide bonds. The van der Waals surface area contributed by atoms with Crippen LogP contribution in [-0.4, -0.2) is 27.2 Å². The molecular formula is C10H14ClN3O3. The second-order valence-electron chi connectivity index (χ2n) is 3.98. The summed E-state index contributed by atoms with van der Waals surface area (Å²) in [6.07, 6.45) is 1.85. The number of nitrogens with one attached hydrogen (secondary N) is 1. The first-order valence-corrected chi connectivity index (χ1v) is 5.49. The number of hydrogen-bond acceptors (Lipinski definition) is 5. The minimum atomic E-state index is -0.935. The van der Waals surface area contributed by atoms with Crippen LogP contribution >= 0.6 is 11.6 Å². The molecule has 1 atom stereocenters. The maximum absolute atomic E-state index is 10.8. The van der Waals surface area contributed by atoms with Gasteiger partial charge in [-0.1, -0.05) is 18.5 Å². The molecule has 0 fully saturated rings. The van der Waals surface area contributed by atoms with Crippen LogP contribution in [0, 0.1) is 10.1 Å². The van der Waals surface area contributed by atoms with E-state index in [1.165, 1.54) is 12.3 Å². The van der Waals surface area contributed by atoms with Crippen molar-refractivity contribution in [3.8, 4) is 0 Å². The van der Waals surface area contributed by atoms with Gasteiger partial charge in [0, 0.05) is 18.8 Å². The molecule has 0 aliphatic carbocycles. The zero-order valence-electron chi connectivity index (χ0n) is 9.61. The highest BCUT2D eigenvalue weighted by Gasteiger charge is 2.21. The smallest absolute Gasteiger partial charge is 0.312 e. The van der Waals surface area contributed by atoms with Gasteiger partial charge in [0.1, 0.15) is 0 Å². The number of nitro groups is 1. The molecule has 1 rings (SSSR count). The van der Waals surface area contributed by atoms with Crippen LogP contribution < -0.4 is 5.32 Å². The van der Waals surface area contributed by atoms with Gasteiger partial charge in [-0.05, 0) is 13.3 Å². The summed E-state index contributed by atoms with van der Waals surface area (Å²) < 4.78 is 0. The third kappa shape index (κ3) is 3.83. The van der Waals surface area contributed by atoms with Gasteiger partial charge in [0.25, 0.3) is 0 Å². The van der Waals surface area contributed by atoms with E-state index in [0.29, 0.717) is 6.42 Å². The Morgan fingerprint density at radius 1 is 1.71 bits per heavy atom. The molecule has 0 aliphatic rings. The second-order valence-corrected chi connectivity index (χ2v) is 4.42. The van der Waals surface area contributed by atoms with Crippen LogP contribution in [0.3, 0.4) is 0 Å². The highest BCUT2D eigenvalue weighted by molar-refractivity contribution is 6.30. The highest BCUT2D eigenvalue weighted by Crippen LogP contribution is 2.25. The molecule has 17 heavy (non-hydrogen) atoms. The summed E-state index contributed by atoms with van der Waals surface area (Å²) >= 11 is 5.63. The Morgan fingerprint density at radius 3 is 2.88 bits per heavy atom. The Kier molecular flexibility index (Phi) is 4.25. The zero-order chi connectivity index (χ0) is 13.1. The Bertz CT molecular complexity index is 423. The van der Waals surface area contributed by atoms with Crippen LogP contribution in [-0.2, 0) is 0 Å². The van der Waals surface area contributed by atoms with Gasteiger partial charge in [-0.25, -0.2) is 4.98 Å². The van der Waals surface area contributed by atoms with Gasteiger partial charge in [-0.2, -0.15) is 0 Å². The molecule has 0 saturated heterocycles. The summed E-state index contributed by atoms with van der Waals surface area (Å²) in [6.45, 7) is 3.64. The molecule has 2 N–H and O–H groups in total. The van der Waals surface area contributed by atoms with Crippen LogP contribution in [0.15, 0.2) is 12.3 Å². The van der Waals surface area contributed by atoms with Crippen molar-refractivity contribution in [1.82, 2.24) is 4.98 Å². The zero-order valence-corrected chi connectivity index (χ0v) is 10.4. The molecule has 1 heterocycles. The van der Waals surface area contributed by atoms with Crippen molar-refractivity contribution < 1.29 is 10.0 Å². The van der Waals surface area contributed by atoms with Gasteiger partial charge in [-0.3, -0.25) is 10.1 Å². The topological polar surface area (TPSA) is 88.3 Å². The fraction of sp³-hybridized carbons (Fsp3) is 0.500. The molecule has 0 aromatic carbocycles. The van der Waals surface area contributed by atoms with Crippen LogP contribution in [0.1, 0.15) is 20.3 Å². The minimum Gasteiger partial charge on any atom is -0.388 e. The lowest BCUT2D eigenvalue weighted by atomic mass is 10.0. The van der Waals surface area contributed by atoms with E-state index in [-0.39, 0.29) is 23.1 Å². The van der Waals surface area contributed by atoms with Crippen molar-refractivity contribution in [3.05, 3.63) is 27.4 Å². The summed E-state index contributed by atoms with van der Waals surface area (Å²) in [7, 11) is 0. The molecule has 1 unspecified atom stereocenters. The van der Waals surface area contributed by atoms with Crippen molar-refractivity contribution in [3.63, 3.8) is 0 Å². The van der Waals surface area contributed by atoms with Crippen LogP contribution in [0.4, 0.5) is 11.5 Å². The van der Waals surface area contributed by atoms with E-state index in [1.807, 2.05) is 6.92 Å². The van der Waals surface area contributed by atoms with E-state index in [9.17, 15) is 15.2 Å². The van der Waals surface area contributed by atoms with Crippen LogP contribution in [0.5, 0.6) is 0 Å². The summed E-state index contributed by atoms with van der Waals surface area (Å²) in [5.41, 5.74) is -1.14. The summed E-state index contributed by atoms with van der Waals surface area (Å²) in [5, 5.41) is 23.5. The van der Waals surface area contributed by atoms with Crippen molar-refractivity contribution >= 4 is 23.1 Å². The maximum Gasteiger partial charge on any atom is 0.312 e. The quantitative estimate of drug-likeness (QED) is 0.625. The van der Waals surface area contributed by atoms with Gasteiger partial charge in [0.15, 0.2) is 0 Å². The number of aromatic nitrogens is 1. The largest absolute Gasteiger partial charge is 0.388 e. The van der Waals surface area contributed by atoms with Crippen molar-refractivity contribution in [2.24, 2.45) is 0 Å². The van der Waals surface area contributed by atoms with E-state index >= 15 is 0 Å². The Morgan fingerprint density at radius 2 is 2.35 bits per heavy atom. The fourth-order valence-electron chi connectivity index (χ4n) is 1.10. The molecule has 0 aliphatic heterocycles. The van der Waals surface area contributed by atoms with Crippen LogP contribution in [0.25, 0.3) is 0 Å². The number of rotatable bonds is 5. The van der Waals surface area contributed by atoms with E-state index < -0.39 is 10.5 Å². The van der Waals surface area contributed by atoms with Gasteiger partial charge in [-0.15, -0.1) is 0 Å². The third-order valence-electron chi connectivity index (χ3n) is 2.43. The predicted octanol–water partition coefficient (Wildman–Crippen LogP) is 2.22. The standard InChI is InChI=1S/C10H14ClN3O3/c1-3-10(2,15)6-13-9-8(14(16)17)4-7(11)5-12-9/h4-5,15H,3,6H2,1-2H3,(H,12,13). The Labute approximate surface area is 104 Å². The number of pyridine rings is 1. The first kappa shape index (κ1) is 13.7. The summed E-state index contributed by atoms with van der Waals surface area (Å²) in [4.78, 5) is 14.0. The molecule has 7 heteroatoms. The molecule has 0 bridgehead atoms. The lowest BCUT2D eigenvalue weighted by Gasteiger charge is -2.21. The maximum atomic E-state index is 10.8. The van der Waals surface area contributed by atoms with Crippen molar-refractivity contribution in [2.45, 2.75) is 25.9 Å².